The Hall–Kier alpha value is -0.800. The molecule has 0 aliphatic heterocycles. The first-order valence-electron chi connectivity index (χ1n) is 7.01. The molecule has 19 heavy (non-hydrogen) atoms. The van der Waals surface area contributed by atoms with Crippen LogP contribution in [0.15, 0.2) is 12.3 Å². The van der Waals surface area contributed by atoms with Crippen molar-refractivity contribution in [3.63, 3.8) is 0 Å². The van der Waals surface area contributed by atoms with Gasteiger partial charge in [-0.15, -0.1) is 0 Å². The van der Waals surface area contributed by atoms with Crippen molar-refractivity contribution < 1.29 is 4.74 Å². The molecule has 0 saturated heterocycles. The van der Waals surface area contributed by atoms with Crippen molar-refractivity contribution in [3.8, 4) is 0 Å². The molecule has 1 heterocycles. The molecule has 3 nitrogen and oxygen atoms in total. The summed E-state index contributed by atoms with van der Waals surface area (Å²) in [5.74, 6) is 0. The number of hydrogen-bond donors (Lipinski definition) is 1. The van der Waals surface area contributed by atoms with Crippen molar-refractivity contribution in [2.75, 3.05) is 11.9 Å². The SMILES string of the molecule is CCOC1CC(Nc2cnc(Cl)c(C)c2)C1(C)CC. The van der Waals surface area contributed by atoms with E-state index in [-0.39, 0.29) is 5.41 Å². The highest BCUT2D eigenvalue weighted by molar-refractivity contribution is 6.30. The Labute approximate surface area is 120 Å². The number of anilines is 1. The zero-order valence-electron chi connectivity index (χ0n) is 12.2. The standard InChI is InChI=1S/C15H23ClN2O/c1-5-15(4)12(8-13(15)19-6-2)18-11-7-10(3)14(16)17-9-11/h7,9,12-13,18H,5-6,8H2,1-4H3. The van der Waals surface area contributed by atoms with E-state index < -0.39 is 0 Å². The van der Waals surface area contributed by atoms with Gasteiger partial charge in [-0.25, -0.2) is 4.98 Å². The first-order chi connectivity index (χ1) is 9.01. The van der Waals surface area contributed by atoms with Gasteiger partial charge in [-0.3, -0.25) is 0 Å². The molecule has 0 radical (unpaired) electrons. The monoisotopic (exact) mass is 282 g/mol. The van der Waals surface area contributed by atoms with Crippen LogP contribution in [0.3, 0.4) is 0 Å². The molecule has 1 saturated carbocycles. The van der Waals surface area contributed by atoms with E-state index in [2.05, 4.69) is 37.1 Å². The van der Waals surface area contributed by atoms with Crippen LogP contribution in [0.2, 0.25) is 5.15 Å². The zero-order chi connectivity index (χ0) is 14.0. The van der Waals surface area contributed by atoms with E-state index in [1.165, 1.54) is 0 Å². The molecule has 1 N–H and O–H groups in total. The Balaban J connectivity index is 2.05. The maximum atomic E-state index is 5.95. The topological polar surface area (TPSA) is 34.1 Å². The van der Waals surface area contributed by atoms with Gasteiger partial charge in [0.2, 0.25) is 0 Å². The maximum Gasteiger partial charge on any atom is 0.132 e. The fraction of sp³-hybridized carbons (Fsp3) is 0.667. The highest BCUT2D eigenvalue weighted by Crippen LogP contribution is 2.47. The second-order valence-electron chi connectivity index (χ2n) is 5.57. The molecule has 2 rings (SSSR count). The third-order valence-corrected chi connectivity index (χ3v) is 4.86. The summed E-state index contributed by atoms with van der Waals surface area (Å²) in [7, 11) is 0. The first kappa shape index (κ1) is 14.6. The van der Waals surface area contributed by atoms with Crippen LogP contribution in [-0.2, 0) is 4.74 Å². The van der Waals surface area contributed by atoms with Gasteiger partial charge in [0.05, 0.1) is 18.0 Å². The Kier molecular flexibility index (Phi) is 4.36. The van der Waals surface area contributed by atoms with E-state index in [1.54, 1.807) is 6.20 Å². The normalized spacial score (nSPS) is 29.9. The number of nitrogens with zero attached hydrogens (tertiary/aromatic N) is 1. The first-order valence-corrected chi connectivity index (χ1v) is 7.39. The van der Waals surface area contributed by atoms with Gasteiger partial charge in [-0.2, -0.15) is 0 Å². The summed E-state index contributed by atoms with van der Waals surface area (Å²) < 4.78 is 5.82. The van der Waals surface area contributed by atoms with Crippen LogP contribution >= 0.6 is 11.6 Å². The highest BCUT2D eigenvalue weighted by Gasteiger charge is 2.51. The highest BCUT2D eigenvalue weighted by atomic mass is 35.5. The van der Waals surface area contributed by atoms with Crippen molar-refractivity contribution >= 4 is 17.3 Å². The molecular weight excluding hydrogens is 260 g/mol. The summed E-state index contributed by atoms with van der Waals surface area (Å²) in [4.78, 5) is 4.19. The quantitative estimate of drug-likeness (QED) is 0.828. The average molecular weight is 283 g/mol. The van der Waals surface area contributed by atoms with Crippen LogP contribution in [0.4, 0.5) is 5.69 Å². The Bertz CT molecular complexity index is 452. The van der Waals surface area contributed by atoms with Gasteiger partial charge in [0.1, 0.15) is 5.15 Å². The lowest BCUT2D eigenvalue weighted by atomic mass is 9.61. The van der Waals surface area contributed by atoms with Gasteiger partial charge >= 0.3 is 0 Å². The fourth-order valence-electron chi connectivity index (χ4n) is 2.81. The van der Waals surface area contributed by atoms with Gasteiger partial charge in [-0.05, 0) is 38.3 Å². The van der Waals surface area contributed by atoms with Gasteiger partial charge in [0.25, 0.3) is 0 Å². The zero-order valence-corrected chi connectivity index (χ0v) is 12.9. The maximum absolute atomic E-state index is 5.95. The second kappa shape index (κ2) is 5.68. The number of rotatable bonds is 5. The average Bonchev–Trinajstić information content (AvgIpc) is 2.40. The van der Waals surface area contributed by atoms with E-state index in [0.29, 0.717) is 17.3 Å². The molecule has 106 valence electrons. The molecule has 3 unspecified atom stereocenters. The van der Waals surface area contributed by atoms with Crippen molar-refractivity contribution in [2.45, 2.75) is 52.7 Å². The van der Waals surface area contributed by atoms with Crippen LogP contribution < -0.4 is 5.32 Å². The molecule has 4 heteroatoms. The van der Waals surface area contributed by atoms with Crippen LogP contribution in [0, 0.1) is 12.3 Å². The smallest absolute Gasteiger partial charge is 0.132 e. The van der Waals surface area contributed by atoms with Crippen molar-refractivity contribution in [1.29, 1.82) is 0 Å². The lowest BCUT2D eigenvalue weighted by molar-refractivity contribution is -0.109. The van der Waals surface area contributed by atoms with E-state index in [9.17, 15) is 0 Å². The molecule has 1 aliphatic rings. The molecule has 1 aliphatic carbocycles. The van der Waals surface area contributed by atoms with Crippen LogP contribution in [0.25, 0.3) is 0 Å². The fourth-order valence-corrected chi connectivity index (χ4v) is 2.92. The summed E-state index contributed by atoms with van der Waals surface area (Å²) in [6.45, 7) is 9.34. The van der Waals surface area contributed by atoms with E-state index >= 15 is 0 Å². The molecule has 1 aromatic heterocycles. The van der Waals surface area contributed by atoms with E-state index in [4.69, 9.17) is 16.3 Å². The van der Waals surface area contributed by atoms with Crippen molar-refractivity contribution in [1.82, 2.24) is 4.98 Å². The van der Waals surface area contributed by atoms with E-state index in [0.717, 1.165) is 30.7 Å². The Morgan fingerprint density at radius 3 is 2.84 bits per heavy atom. The Morgan fingerprint density at radius 1 is 1.53 bits per heavy atom. The second-order valence-corrected chi connectivity index (χ2v) is 5.93. The summed E-state index contributed by atoms with van der Waals surface area (Å²) >= 11 is 5.95. The molecular formula is C15H23ClN2O. The third kappa shape index (κ3) is 2.72. The number of pyridine rings is 1. The summed E-state index contributed by atoms with van der Waals surface area (Å²) in [5, 5.41) is 4.15. The van der Waals surface area contributed by atoms with Gasteiger partial charge in [0.15, 0.2) is 0 Å². The number of ether oxygens (including phenoxy) is 1. The van der Waals surface area contributed by atoms with Gasteiger partial charge < -0.3 is 10.1 Å². The molecule has 0 bridgehead atoms. The third-order valence-electron chi connectivity index (χ3n) is 4.47. The number of nitrogens with one attached hydrogen (secondary N) is 1. The lowest BCUT2D eigenvalue weighted by Crippen LogP contribution is -2.59. The van der Waals surface area contributed by atoms with Crippen LogP contribution in [-0.4, -0.2) is 23.7 Å². The van der Waals surface area contributed by atoms with Crippen molar-refractivity contribution in [3.05, 3.63) is 23.0 Å². The summed E-state index contributed by atoms with van der Waals surface area (Å²) in [6.07, 6.45) is 4.33. The molecule has 1 aromatic rings. The molecule has 0 amide bonds. The van der Waals surface area contributed by atoms with Crippen LogP contribution in [0.5, 0.6) is 0 Å². The molecule has 3 atom stereocenters. The molecule has 1 fully saturated rings. The van der Waals surface area contributed by atoms with Gasteiger partial charge in [0, 0.05) is 18.1 Å². The van der Waals surface area contributed by atoms with Gasteiger partial charge in [-0.1, -0.05) is 25.4 Å². The minimum Gasteiger partial charge on any atom is -0.380 e. The largest absolute Gasteiger partial charge is 0.380 e. The molecule has 0 spiro atoms. The minimum atomic E-state index is 0.198. The number of aromatic nitrogens is 1. The van der Waals surface area contributed by atoms with Crippen molar-refractivity contribution in [2.24, 2.45) is 5.41 Å². The summed E-state index contributed by atoms with van der Waals surface area (Å²) in [6, 6.07) is 2.50. The predicted molar refractivity (Wildman–Crippen MR) is 79.8 cm³/mol. The number of halogens is 1. The lowest BCUT2D eigenvalue weighted by Gasteiger charge is -2.53. The number of aryl methyl sites for hydroxylation is 1. The minimum absolute atomic E-state index is 0.198. The predicted octanol–water partition coefficient (Wildman–Crippen LogP) is 4.05. The van der Waals surface area contributed by atoms with E-state index in [1.807, 2.05) is 6.92 Å². The van der Waals surface area contributed by atoms with Crippen LogP contribution in [0.1, 0.15) is 39.2 Å². The molecule has 0 aromatic carbocycles. The number of hydrogen-bond acceptors (Lipinski definition) is 3. The Morgan fingerprint density at radius 2 is 2.26 bits per heavy atom. The summed E-state index contributed by atoms with van der Waals surface area (Å²) in [5.41, 5.74) is 2.25.